The predicted octanol–water partition coefficient (Wildman–Crippen LogP) is 7.07. The summed E-state index contributed by atoms with van der Waals surface area (Å²) in [5.74, 6) is -2.62. The molecule has 340 valence electrons. The van der Waals surface area contributed by atoms with Crippen molar-refractivity contribution in [2.75, 3.05) is 59.3 Å². The average molecular weight is 834 g/mol. The van der Waals surface area contributed by atoms with Crippen LogP contribution in [0.2, 0.25) is 0 Å². The molecule has 0 aliphatic rings. The van der Waals surface area contributed by atoms with Crippen molar-refractivity contribution in [3.05, 3.63) is 0 Å². The van der Waals surface area contributed by atoms with Gasteiger partial charge in [-0.25, -0.2) is 0 Å². The second-order valence-corrected chi connectivity index (χ2v) is 16.8. The van der Waals surface area contributed by atoms with Crippen LogP contribution in [0.5, 0.6) is 0 Å². The van der Waals surface area contributed by atoms with Gasteiger partial charge in [-0.05, 0) is 95.4 Å². The summed E-state index contributed by atoms with van der Waals surface area (Å²) in [6, 6.07) is 0. The van der Waals surface area contributed by atoms with Gasteiger partial charge in [0, 0.05) is 77.6 Å². The van der Waals surface area contributed by atoms with Gasteiger partial charge in [0.05, 0.1) is 18.8 Å². The van der Waals surface area contributed by atoms with Gasteiger partial charge in [0.2, 0.25) is 0 Å². The molecule has 0 heterocycles. The molecule has 15 heteroatoms. The zero-order valence-corrected chi connectivity index (χ0v) is 38.3. The molecule has 0 unspecified atom stereocenters. The number of hydrogen-bond acceptors (Lipinski definition) is 15. The van der Waals surface area contributed by atoms with Gasteiger partial charge < -0.3 is 37.9 Å². The number of carbonyl (C=O) groups excluding carboxylic acids is 6. The standard InChI is InChI=1S/C41H73NO14.C2H6/c1-12-49-27-22-40(8,9)55-36(47)20-14-17-33(44)51-30-25-42(24-29-50-32(43)16-13-19-35(46)54-39(5,6)7)26-31-52-34(45)18-15-21-37(48)56-41(10,11)23-28-53-38(2,3)4;1-2/h12-31H2,1-11H3;1-2H3. The van der Waals surface area contributed by atoms with Crippen LogP contribution >= 0.6 is 0 Å². The molecule has 0 N–H and O–H groups in total. The van der Waals surface area contributed by atoms with Crippen molar-refractivity contribution in [2.45, 2.75) is 183 Å². The summed E-state index contributed by atoms with van der Waals surface area (Å²) in [5.41, 5.74) is -2.27. The zero-order valence-electron chi connectivity index (χ0n) is 38.3. The molecule has 0 saturated carbocycles. The minimum atomic E-state index is -0.704. The summed E-state index contributed by atoms with van der Waals surface area (Å²) in [6.45, 7) is 26.7. The zero-order chi connectivity index (χ0) is 44.8. The highest BCUT2D eigenvalue weighted by Gasteiger charge is 2.25. The summed E-state index contributed by atoms with van der Waals surface area (Å²) in [7, 11) is 0. The third-order valence-corrected chi connectivity index (χ3v) is 7.79. The monoisotopic (exact) mass is 834 g/mol. The number of hydrogen-bond donors (Lipinski definition) is 0. The predicted molar refractivity (Wildman–Crippen MR) is 220 cm³/mol. The molecule has 0 radical (unpaired) electrons. The van der Waals surface area contributed by atoms with Crippen molar-refractivity contribution in [3.8, 4) is 0 Å². The number of nitrogens with zero attached hydrogens (tertiary/aromatic N) is 1. The number of ether oxygens (including phenoxy) is 8. The molecule has 0 fully saturated rings. The molecule has 0 rings (SSSR count). The summed E-state index contributed by atoms with van der Waals surface area (Å²) in [4.78, 5) is 75.5. The number of rotatable bonds is 30. The molecule has 0 spiro atoms. The minimum absolute atomic E-state index is 0.0187. The van der Waals surface area contributed by atoms with Crippen LogP contribution in [0.25, 0.3) is 0 Å². The highest BCUT2D eigenvalue weighted by Crippen LogP contribution is 2.19. The quantitative estimate of drug-likeness (QED) is 0.0407. The summed E-state index contributed by atoms with van der Waals surface area (Å²) in [5, 5.41) is 0. The molecule has 0 aromatic rings. The Kier molecular flexibility index (Phi) is 30.1. The topological polar surface area (TPSA) is 179 Å². The molecule has 0 aliphatic heterocycles. The fraction of sp³-hybridized carbons (Fsp3) is 0.860. The van der Waals surface area contributed by atoms with E-state index in [9.17, 15) is 28.8 Å². The number of esters is 6. The molecule has 0 aromatic carbocycles. The SMILES string of the molecule is CC.CCOCCC(C)(C)OC(=O)CCCC(=O)OCCN(CCOC(=O)CCCC(=O)OC(C)(C)C)CCOC(=O)CCCC(=O)OC(C)(C)CCOC(C)(C)C. The van der Waals surface area contributed by atoms with Gasteiger partial charge in [0.25, 0.3) is 0 Å². The summed E-state index contributed by atoms with van der Waals surface area (Å²) < 4.78 is 43.5. The summed E-state index contributed by atoms with van der Waals surface area (Å²) in [6.07, 6.45) is 2.24. The van der Waals surface area contributed by atoms with Crippen LogP contribution in [0.3, 0.4) is 0 Å². The molecule has 15 nitrogen and oxygen atoms in total. The van der Waals surface area contributed by atoms with E-state index in [1.54, 1.807) is 20.8 Å². The van der Waals surface area contributed by atoms with Crippen LogP contribution in [0.4, 0.5) is 0 Å². The van der Waals surface area contributed by atoms with Crippen molar-refractivity contribution in [2.24, 2.45) is 0 Å². The van der Waals surface area contributed by atoms with E-state index in [4.69, 9.17) is 37.9 Å². The van der Waals surface area contributed by atoms with Crippen LogP contribution < -0.4 is 0 Å². The molecule has 58 heavy (non-hydrogen) atoms. The van der Waals surface area contributed by atoms with Gasteiger partial charge in [-0.15, -0.1) is 0 Å². The van der Waals surface area contributed by atoms with Crippen LogP contribution in [0, 0.1) is 0 Å². The van der Waals surface area contributed by atoms with E-state index >= 15 is 0 Å². The Morgan fingerprint density at radius 1 is 0.431 bits per heavy atom. The van der Waals surface area contributed by atoms with Crippen molar-refractivity contribution in [3.63, 3.8) is 0 Å². The number of carbonyl (C=O) groups is 6. The minimum Gasteiger partial charge on any atom is -0.464 e. The van der Waals surface area contributed by atoms with Crippen molar-refractivity contribution in [1.82, 2.24) is 4.90 Å². The molecule has 0 amide bonds. The van der Waals surface area contributed by atoms with E-state index in [2.05, 4.69) is 0 Å². The first kappa shape index (κ1) is 56.8. The van der Waals surface area contributed by atoms with Gasteiger partial charge in [-0.2, -0.15) is 0 Å². The lowest BCUT2D eigenvalue weighted by molar-refractivity contribution is -0.160. The van der Waals surface area contributed by atoms with Gasteiger partial charge in [-0.1, -0.05) is 13.8 Å². The first-order valence-electron chi connectivity index (χ1n) is 21.0. The Morgan fingerprint density at radius 2 is 0.759 bits per heavy atom. The largest absolute Gasteiger partial charge is 0.464 e. The second-order valence-electron chi connectivity index (χ2n) is 16.8. The highest BCUT2D eigenvalue weighted by atomic mass is 16.6. The third-order valence-electron chi connectivity index (χ3n) is 7.79. The Bertz CT molecular complexity index is 1190. The lowest BCUT2D eigenvalue weighted by atomic mass is 10.1. The van der Waals surface area contributed by atoms with Gasteiger partial charge >= 0.3 is 35.8 Å². The van der Waals surface area contributed by atoms with E-state index in [-0.39, 0.29) is 109 Å². The first-order valence-corrected chi connectivity index (χ1v) is 21.0. The molecule has 0 aliphatic carbocycles. The van der Waals surface area contributed by atoms with Crippen LogP contribution in [-0.4, -0.2) is 122 Å². The Hall–Kier alpha value is -3.30. The van der Waals surface area contributed by atoms with Gasteiger partial charge in [0.15, 0.2) is 0 Å². The Balaban J connectivity index is 0. The maximum absolute atomic E-state index is 12.4. The normalized spacial score (nSPS) is 11.9. The van der Waals surface area contributed by atoms with E-state index in [1.807, 2.05) is 74.1 Å². The fourth-order valence-electron chi connectivity index (χ4n) is 4.83. The Labute approximate surface area is 349 Å². The van der Waals surface area contributed by atoms with E-state index in [0.29, 0.717) is 32.7 Å². The van der Waals surface area contributed by atoms with Crippen molar-refractivity contribution >= 4 is 35.8 Å². The lowest BCUT2D eigenvalue weighted by Crippen LogP contribution is -2.35. The van der Waals surface area contributed by atoms with Crippen LogP contribution in [-0.2, 0) is 66.7 Å². The molecular weight excluding hydrogens is 754 g/mol. The maximum atomic E-state index is 12.4. The Morgan fingerprint density at radius 3 is 1.09 bits per heavy atom. The van der Waals surface area contributed by atoms with Crippen LogP contribution in [0.15, 0.2) is 0 Å². The fourth-order valence-corrected chi connectivity index (χ4v) is 4.83. The molecule has 0 atom stereocenters. The first-order chi connectivity index (χ1) is 26.9. The van der Waals surface area contributed by atoms with E-state index in [1.165, 1.54) is 0 Å². The van der Waals surface area contributed by atoms with E-state index < -0.39 is 46.6 Å². The van der Waals surface area contributed by atoms with Gasteiger partial charge in [0.1, 0.15) is 36.6 Å². The van der Waals surface area contributed by atoms with Crippen molar-refractivity contribution < 1.29 is 66.7 Å². The highest BCUT2D eigenvalue weighted by molar-refractivity contribution is 5.74. The second kappa shape index (κ2) is 30.7. The third kappa shape index (κ3) is 37.0. The van der Waals surface area contributed by atoms with Crippen LogP contribution in [0.1, 0.15) is 161 Å². The molecular formula is C43H79NO14. The lowest BCUT2D eigenvalue weighted by Gasteiger charge is -2.27. The van der Waals surface area contributed by atoms with E-state index in [0.717, 1.165) is 0 Å². The smallest absolute Gasteiger partial charge is 0.306 e. The van der Waals surface area contributed by atoms with Gasteiger partial charge in [-0.3, -0.25) is 33.7 Å². The maximum Gasteiger partial charge on any atom is 0.306 e. The summed E-state index contributed by atoms with van der Waals surface area (Å²) >= 11 is 0. The molecule has 0 bridgehead atoms. The molecule has 0 saturated heterocycles. The molecule has 0 aromatic heterocycles. The average Bonchev–Trinajstić information content (AvgIpc) is 3.07. The van der Waals surface area contributed by atoms with Crippen molar-refractivity contribution in [1.29, 1.82) is 0 Å².